The molecule has 2 saturated carbocycles. The first-order valence-electron chi connectivity index (χ1n) is 27.3. The Bertz CT molecular complexity index is 2530. The SMILES string of the molecule is CC=CC1C(N)C2=NC(C=CC3=CC4C(C=C3)c3ccc(/C=C/C5CCC6CC(C7C=NC8C=CCCC87)C(CCC)C(=N)C6=N5)cc3C4(CC)CC)CCC2CC1(C)C1=C2CCC=CC2N=C1. The van der Waals surface area contributed by atoms with E-state index < -0.39 is 0 Å². The molecule has 4 aliphatic heterocycles. The van der Waals surface area contributed by atoms with Crippen molar-refractivity contribution < 1.29 is 0 Å². The summed E-state index contributed by atoms with van der Waals surface area (Å²) in [5.41, 5.74) is 19.2. The van der Waals surface area contributed by atoms with Crippen molar-refractivity contribution in [1.82, 2.24) is 0 Å². The van der Waals surface area contributed by atoms with Gasteiger partial charge in [0.2, 0.25) is 0 Å². The molecule has 1 aromatic rings. The normalized spacial score (nSPS) is 39.8. The highest BCUT2D eigenvalue weighted by Crippen LogP contribution is 2.58. The fourth-order valence-corrected chi connectivity index (χ4v) is 16.0. The van der Waals surface area contributed by atoms with Crippen LogP contribution in [0.25, 0.3) is 6.08 Å². The summed E-state index contributed by atoms with van der Waals surface area (Å²) in [5, 5.41) is 9.60. The second-order valence-electron chi connectivity index (χ2n) is 22.8. The van der Waals surface area contributed by atoms with Crippen LogP contribution < -0.4 is 5.73 Å². The van der Waals surface area contributed by atoms with E-state index in [4.69, 9.17) is 25.7 Å². The van der Waals surface area contributed by atoms with Crippen molar-refractivity contribution >= 4 is 35.6 Å². The lowest BCUT2D eigenvalue weighted by Crippen LogP contribution is -2.55. The van der Waals surface area contributed by atoms with Crippen LogP contribution >= 0.6 is 0 Å². The minimum absolute atomic E-state index is 0.0350. The van der Waals surface area contributed by atoms with E-state index in [2.05, 4.69) is 144 Å². The molecule has 0 amide bonds. The van der Waals surface area contributed by atoms with Crippen molar-refractivity contribution in [3.05, 3.63) is 125 Å². The maximum Gasteiger partial charge on any atom is 0.0896 e. The van der Waals surface area contributed by atoms with Crippen molar-refractivity contribution in [3.8, 4) is 0 Å². The molecule has 6 heteroatoms. The second-order valence-corrected chi connectivity index (χ2v) is 22.8. The maximum atomic E-state index is 9.60. The zero-order valence-corrected chi connectivity index (χ0v) is 41.7. The molecule has 68 heavy (non-hydrogen) atoms. The molecule has 15 atom stereocenters. The monoisotopic (exact) mass is 907 g/mol. The molecule has 0 bridgehead atoms. The highest BCUT2D eigenvalue weighted by atomic mass is 14.9. The Labute approximate surface area is 408 Å². The van der Waals surface area contributed by atoms with Gasteiger partial charge in [0.25, 0.3) is 0 Å². The quantitative estimate of drug-likeness (QED) is 0.212. The first kappa shape index (κ1) is 45.9. The molecule has 4 heterocycles. The molecular formula is C62H78N6. The van der Waals surface area contributed by atoms with E-state index in [1.165, 1.54) is 58.4 Å². The summed E-state index contributed by atoms with van der Waals surface area (Å²) < 4.78 is 0. The minimum Gasteiger partial charge on any atom is -0.322 e. The summed E-state index contributed by atoms with van der Waals surface area (Å²) in [4.78, 5) is 20.8. The number of nitrogens with zero attached hydrogens (tertiary/aromatic N) is 4. The Balaban J connectivity index is 0.787. The number of fused-ring (bicyclic) bond motifs is 7. The fraction of sp³-hybridized carbons (Fsp3) is 0.565. The van der Waals surface area contributed by atoms with Gasteiger partial charge in [-0.15, -0.1) is 0 Å². The van der Waals surface area contributed by atoms with Crippen molar-refractivity contribution in [2.75, 3.05) is 0 Å². The summed E-state index contributed by atoms with van der Waals surface area (Å²) in [6, 6.07) is 8.08. The summed E-state index contributed by atoms with van der Waals surface area (Å²) in [5.74, 6) is 3.81. The van der Waals surface area contributed by atoms with Gasteiger partial charge in [-0.2, -0.15) is 0 Å². The number of nitrogens with one attached hydrogen (secondary N) is 1. The van der Waals surface area contributed by atoms with Crippen LogP contribution in [0.15, 0.2) is 128 Å². The average molecular weight is 907 g/mol. The molecule has 1 aromatic carbocycles. The Hall–Kier alpha value is -4.55. The molecule has 0 radical (unpaired) electrons. The summed E-state index contributed by atoms with van der Waals surface area (Å²) in [6.45, 7) is 11.7. The highest BCUT2D eigenvalue weighted by Gasteiger charge is 2.52. The third-order valence-electron chi connectivity index (χ3n) is 19.5. The van der Waals surface area contributed by atoms with Gasteiger partial charge in [-0.25, -0.2) is 0 Å². The molecule has 6 nitrogen and oxygen atoms in total. The van der Waals surface area contributed by atoms with Gasteiger partial charge in [-0.05, 0) is 147 Å². The summed E-state index contributed by atoms with van der Waals surface area (Å²) in [6.07, 6.45) is 51.0. The molecule has 15 unspecified atom stereocenters. The van der Waals surface area contributed by atoms with E-state index in [0.717, 1.165) is 82.1 Å². The molecule has 0 saturated heterocycles. The molecule has 3 N–H and O–H groups in total. The Kier molecular flexibility index (Phi) is 12.6. The zero-order chi connectivity index (χ0) is 46.7. The Morgan fingerprint density at radius 3 is 2.50 bits per heavy atom. The lowest BCUT2D eigenvalue weighted by molar-refractivity contribution is 0.197. The van der Waals surface area contributed by atoms with Crippen LogP contribution in [-0.2, 0) is 5.41 Å². The van der Waals surface area contributed by atoms with E-state index in [1.807, 2.05) is 0 Å². The van der Waals surface area contributed by atoms with Crippen molar-refractivity contribution in [2.45, 2.75) is 166 Å². The van der Waals surface area contributed by atoms with Gasteiger partial charge in [0.15, 0.2) is 0 Å². The molecule has 11 rings (SSSR count). The highest BCUT2D eigenvalue weighted by molar-refractivity contribution is 6.43. The molecule has 0 spiro atoms. The van der Waals surface area contributed by atoms with Crippen molar-refractivity contribution in [2.24, 2.45) is 78.5 Å². The van der Waals surface area contributed by atoms with Gasteiger partial charge in [-0.1, -0.05) is 131 Å². The van der Waals surface area contributed by atoms with Crippen LogP contribution in [0, 0.1) is 58.2 Å². The van der Waals surface area contributed by atoms with E-state index >= 15 is 0 Å². The predicted molar refractivity (Wildman–Crippen MR) is 287 cm³/mol. The number of hydrogen-bond acceptors (Lipinski definition) is 6. The van der Waals surface area contributed by atoms with Crippen molar-refractivity contribution in [3.63, 3.8) is 0 Å². The fourth-order valence-electron chi connectivity index (χ4n) is 16.0. The zero-order valence-electron chi connectivity index (χ0n) is 41.7. The first-order valence-corrected chi connectivity index (χ1v) is 27.3. The maximum absolute atomic E-state index is 9.60. The lowest BCUT2D eigenvalue weighted by Gasteiger charge is -2.50. The van der Waals surface area contributed by atoms with Gasteiger partial charge < -0.3 is 11.1 Å². The second kappa shape index (κ2) is 18.6. The van der Waals surface area contributed by atoms with E-state index in [9.17, 15) is 5.41 Å². The molecule has 6 aliphatic carbocycles. The lowest BCUT2D eigenvalue weighted by atomic mass is 9.56. The van der Waals surface area contributed by atoms with Crippen molar-refractivity contribution in [1.29, 1.82) is 5.41 Å². The van der Waals surface area contributed by atoms with E-state index in [-0.39, 0.29) is 40.9 Å². The smallest absolute Gasteiger partial charge is 0.0896 e. The predicted octanol–water partition coefficient (Wildman–Crippen LogP) is 13.5. The van der Waals surface area contributed by atoms with Crippen LogP contribution in [0.3, 0.4) is 0 Å². The molecule has 356 valence electrons. The largest absolute Gasteiger partial charge is 0.322 e. The summed E-state index contributed by atoms with van der Waals surface area (Å²) in [7, 11) is 0. The minimum atomic E-state index is -0.0898. The standard InChI is InChI=1S/C62H78N6/c1-6-14-47-49(50-36-65-55-18-12-10-16-46(50)55)34-40-24-28-42(67-59(40)57(47)63)26-20-38-22-30-44-45-31-23-39(33-53(45)62(8-3,9-4)52(44)32-38)21-27-43-29-25-41-35-61(5,51(15-7-2)58(64)60(41)68-43)54-37-66-56-19-13-11-17-48(54)56/h7,12-13,15,18-23,26-27,30-33,36-37,40-43,45-47,49-51,53,55-56,58,63H,6,8-11,14,16-17,24-25,28-29,34-35,64H2,1-5H3/b15-7?,26-20+,27-21?,63-57?. The first-order chi connectivity index (χ1) is 33.2. The summed E-state index contributed by atoms with van der Waals surface area (Å²) >= 11 is 0. The molecule has 2 fully saturated rings. The van der Waals surface area contributed by atoms with Gasteiger partial charge >= 0.3 is 0 Å². The number of rotatable bonds is 11. The van der Waals surface area contributed by atoms with E-state index in [0.29, 0.717) is 53.4 Å². The Morgan fingerprint density at radius 1 is 0.868 bits per heavy atom. The van der Waals surface area contributed by atoms with Gasteiger partial charge in [0.05, 0.1) is 41.6 Å². The number of nitrogens with two attached hydrogens (primary N) is 1. The van der Waals surface area contributed by atoms with Gasteiger partial charge in [0, 0.05) is 58.6 Å². The van der Waals surface area contributed by atoms with Crippen LogP contribution in [0.5, 0.6) is 0 Å². The van der Waals surface area contributed by atoms with Crippen LogP contribution in [-0.4, -0.2) is 59.8 Å². The number of aliphatic imine (C=N–C) groups is 4. The molecular weight excluding hydrogens is 829 g/mol. The molecule has 10 aliphatic rings. The number of benzene rings is 1. The van der Waals surface area contributed by atoms with Gasteiger partial charge in [0.1, 0.15) is 0 Å². The number of allylic oxidation sites excluding steroid dienone is 9. The third kappa shape index (κ3) is 7.73. The Morgan fingerprint density at radius 2 is 1.68 bits per heavy atom. The van der Waals surface area contributed by atoms with Crippen LogP contribution in [0.2, 0.25) is 0 Å². The van der Waals surface area contributed by atoms with Gasteiger partial charge in [-0.3, -0.25) is 20.0 Å². The van der Waals surface area contributed by atoms with Crippen LogP contribution in [0.4, 0.5) is 0 Å². The average Bonchev–Trinajstić information content (AvgIpc) is 4.08. The van der Waals surface area contributed by atoms with Crippen LogP contribution in [0.1, 0.15) is 147 Å². The topological polar surface area (TPSA) is 99.3 Å². The molecule has 0 aromatic heterocycles. The number of hydrogen-bond donors (Lipinski definition) is 2. The third-order valence-corrected chi connectivity index (χ3v) is 19.5. The van der Waals surface area contributed by atoms with E-state index in [1.54, 1.807) is 0 Å².